The molecule has 3 nitrogen and oxygen atoms in total. The van der Waals surface area contributed by atoms with E-state index in [4.69, 9.17) is 4.42 Å². The third kappa shape index (κ3) is 3.86. The molecule has 0 unspecified atom stereocenters. The van der Waals surface area contributed by atoms with Crippen molar-refractivity contribution in [2.75, 3.05) is 5.75 Å². The van der Waals surface area contributed by atoms with Crippen LogP contribution in [0.2, 0.25) is 0 Å². The first-order valence-electron chi connectivity index (χ1n) is 7.40. The van der Waals surface area contributed by atoms with Crippen molar-refractivity contribution < 1.29 is 9.21 Å². The van der Waals surface area contributed by atoms with Gasteiger partial charge in [-0.2, -0.15) is 0 Å². The molecule has 3 rings (SSSR count). The molecule has 0 aliphatic rings. The molecule has 2 aromatic heterocycles. The monoisotopic (exact) mass is 343 g/mol. The van der Waals surface area contributed by atoms with Crippen molar-refractivity contribution >= 4 is 29.0 Å². The Hall–Kier alpha value is -1.98. The molecule has 0 aliphatic heterocycles. The topological polar surface area (TPSA) is 42.2 Å². The summed E-state index contributed by atoms with van der Waals surface area (Å²) in [5, 5.41) is 4.95. The maximum absolute atomic E-state index is 12.4. The summed E-state index contributed by atoms with van der Waals surface area (Å²) in [4.78, 5) is 14.5. The zero-order valence-corrected chi connectivity index (χ0v) is 14.4. The van der Waals surface area contributed by atoms with Gasteiger partial charge in [-0.1, -0.05) is 25.1 Å². The minimum absolute atomic E-state index is 0.0735. The van der Waals surface area contributed by atoms with E-state index in [9.17, 15) is 4.79 Å². The Bertz CT molecular complexity index is 778. The highest BCUT2D eigenvalue weighted by atomic mass is 32.2. The fourth-order valence-electron chi connectivity index (χ4n) is 2.22. The molecule has 1 N–H and O–H groups in total. The number of thiophene rings is 1. The summed E-state index contributed by atoms with van der Waals surface area (Å²) in [5.74, 6) is 2.45. The summed E-state index contributed by atoms with van der Waals surface area (Å²) in [7, 11) is 0. The predicted octanol–water partition coefficient (Wildman–Crippen LogP) is 5.05. The minimum Gasteiger partial charge on any atom is -0.458 e. The van der Waals surface area contributed by atoms with E-state index in [2.05, 4.69) is 12.2 Å². The molecule has 0 radical (unpaired) electrons. The van der Waals surface area contributed by atoms with Gasteiger partial charge in [0.1, 0.15) is 11.5 Å². The summed E-state index contributed by atoms with van der Waals surface area (Å²) < 4.78 is 5.78. The van der Waals surface area contributed by atoms with Crippen molar-refractivity contribution in [1.29, 1.82) is 0 Å². The van der Waals surface area contributed by atoms with Crippen LogP contribution in [0.4, 0.5) is 0 Å². The van der Waals surface area contributed by atoms with E-state index >= 15 is 0 Å². The maximum Gasteiger partial charge on any atom is 0.252 e. The Morgan fingerprint density at radius 3 is 2.83 bits per heavy atom. The van der Waals surface area contributed by atoms with Crippen molar-refractivity contribution in [3.8, 4) is 10.6 Å². The second kappa shape index (κ2) is 7.53. The summed E-state index contributed by atoms with van der Waals surface area (Å²) in [5.41, 5.74) is 0.712. The number of hydrogen-bond donors (Lipinski definition) is 1. The number of carbonyl (C=O) groups is 1. The molecule has 0 aliphatic carbocycles. The first-order chi connectivity index (χ1) is 11.3. The van der Waals surface area contributed by atoms with Crippen LogP contribution in [0, 0.1) is 0 Å². The van der Waals surface area contributed by atoms with Gasteiger partial charge in [0.25, 0.3) is 5.91 Å². The minimum atomic E-state index is -0.0735. The summed E-state index contributed by atoms with van der Waals surface area (Å²) in [6.45, 7) is 2.46. The Labute approximate surface area is 143 Å². The lowest BCUT2D eigenvalue weighted by Gasteiger charge is -2.08. The molecule has 0 bridgehead atoms. The lowest BCUT2D eigenvalue weighted by Crippen LogP contribution is -2.23. The normalized spacial score (nSPS) is 10.7. The van der Waals surface area contributed by atoms with Gasteiger partial charge in [0, 0.05) is 4.90 Å². The molecule has 0 atom stereocenters. The van der Waals surface area contributed by atoms with Crippen LogP contribution in [0.1, 0.15) is 23.0 Å². The first-order valence-corrected chi connectivity index (χ1v) is 9.27. The molecular formula is C18H17NO2S2. The van der Waals surface area contributed by atoms with Crippen LogP contribution in [-0.4, -0.2) is 11.7 Å². The molecular weight excluding hydrogens is 326 g/mol. The van der Waals surface area contributed by atoms with Crippen LogP contribution in [0.15, 0.2) is 63.2 Å². The SMILES string of the molecule is CCSc1ccccc1C(=O)NCc1ccc(-c2cccs2)o1. The number of benzene rings is 1. The van der Waals surface area contributed by atoms with E-state index in [1.165, 1.54) is 0 Å². The number of nitrogens with one attached hydrogen (secondary N) is 1. The van der Waals surface area contributed by atoms with Gasteiger partial charge in [0.15, 0.2) is 0 Å². The Morgan fingerprint density at radius 2 is 2.04 bits per heavy atom. The Kier molecular flexibility index (Phi) is 5.20. The molecule has 5 heteroatoms. The van der Waals surface area contributed by atoms with Crippen molar-refractivity contribution in [3.05, 3.63) is 65.2 Å². The highest BCUT2D eigenvalue weighted by molar-refractivity contribution is 7.99. The summed E-state index contributed by atoms with van der Waals surface area (Å²) >= 11 is 3.31. The zero-order chi connectivity index (χ0) is 16.1. The molecule has 0 spiro atoms. The average molecular weight is 343 g/mol. The molecule has 3 aromatic rings. The average Bonchev–Trinajstić information content (AvgIpc) is 3.24. The van der Waals surface area contributed by atoms with Crippen LogP contribution in [-0.2, 0) is 6.54 Å². The van der Waals surface area contributed by atoms with Crippen molar-refractivity contribution in [2.24, 2.45) is 0 Å². The van der Waals surface area contributed by atoms with Crippen LogP contribution in [0.3, 0.4) is 0 Å². The number of furan rings is 1. The number of rotatable bonds is 6. The second-order valence-corrected chi connectivity index (χ2v) is 7.11. The van der Waals surface area contributed by atoms with Gasteiger partial charge in [-0.15, -0.1) is 23.1 Å². The van der Waals surface area contributed by atoms with E-state index in [0.29, 0.717) is 12.1 Å². The smallest absolute Gasteiger partial charge is 0.252 e. The molecule has 118 valence electrons. The van der Waals surface area contributed by atoms with Crippen molar-refractivity contribution in [3.63, 3.8) is 0 Å². The van der Waals surface area contributed by atoms with E-state index in [1.807, 2.05) is 53.9 Å². The number of thioether (sulfide) groups is 1. The van der Waals surface area contributed by atoms with Crippen LogP contribution < -0.4 is 5.32 Å². The van der Waals surface area contributed by atoms with Gasteiger partial charge in [0.05, 0.1) is 17.0 Å². The fraction of sp³-hybridized carbons (Fsp3) is 0.167. The van der Waals surface area contributed by atoms with Gasteiger partial charge in [-0.05, 0) is 41.5 Å². The van der Waals surface area contributed by atoms with E-state index in [0.717, 1.165) is 27.0 Å². The standard InChI is InChI=1S/C18H17NO2S2/c1-2-22-16-7-4-3-6-14(16)18(20)19-12-13-9-10-15(21-13)17-8-5-11-23-17/h3-11H,2,12H2,1H3,(H,19,20). The summed E-state index contributed by atoms with van der Waals surface area (Å²) in [6.07, 6.45) is 0. The zero-order valence-electron chi connectivity index (χ0n) is 12.7. The predicted molar refractivity (Wildman–Crippen MR) is 96.0 cm³/mol. The molecule has 2 heterocycles. The van der Waals surface area contributed by atoms with E-state index in [-0.39, 0.29) is 5.91 Å². The summed E-state index contributed by atoms with van der Waals surface area (Å²) in [6, 6.07) is 15.5. The van der Waals surface area contributed by atoms with Crippen molar-refractivity contribution in [1.82, 2.24) is 5.32 Å². The molecule has 0 saturated heterocycles. The van der Waals surface area contributed by atoms with E-state index < -0.39 is 0 Å². The highest BCUT2D eigenvalue weighted by Gasteiger charge is 2.12. The molecule has 0 saturated carbocycles. The fourth-order valence-corrected chi connectivity index (χ4v) is 3.71. The number of carbonyl (C=O) groups excluding carboxylic acids is 1. The van der Waals surface area contributed by atoms with Gasteiger partial charge < -0.3 is 9.73 Å². The van der Waals surface area contributed by atoms with Gasteiger partial charge in [0.2, 0.25) is 0 Å². The van der Waals surface area contributed by atoms with Crippen LogP contribution in [0.5, 0.6) is 0 Å². The Morgan fingerprint density at radius 1 is 1.17 bits per heavy atom. The Balaban J connectivity index is 1.65. The molecule has 0 fully saturated rings. The lowest BCUT2D eigenvalue weighted by atomic mass is 10.2. The number of hydrogen-bond acceptors (Lipinski definition) is 4. The van der Waals surface area contributed by atoms with Crippen LogP contribution in [0.25, 0.3) is 10.6 Å². The third-order valence-electron chi connectivity index (χ3n) is 3.28. The van der Waals surface area contributed by atoms with Gasteiger partial charge >= 0.3 is 0 Å². The quantitative estimate of drug-likeness (QED) is 0.637. The molecule has 23 heavy (non-hydrogen) atoms. The second-order valence-electron chi connectivity index (χ2n) is 4.86. The lowest BCUT2D eigenvalue weighted by molar-refractivity contribution is 0.0945. The van der Waals surface area contributed by atoms with E-state index in [1.54, 1.807) is 23.1 Å². The van der Waals surface area contributed by atoms with Gasteiger partial charge in [-0.3, -0.25) is 4.79 Å². The van der Waals surface area contributed by atoms with Crippen molar-refractivity contribution in [2.45, 2.75) is 18.4 Å². The third-order valence-corrected chi connectivity index (χ3v) is 5.12. The molecule has 1 amide bonds. The highest BCUT2D eigenvalue weighted by Crippen LogP contribution is 2.26. The first kappa shape index (κ1) is 15.9. The maximum atomic E-state index is 12.4. The largest absolute Gasteiger partial charge is 0.458 e. The molecule has 1 aromatic carbocycles. The van der Waals surface area contributed by atoms with Gasteiger partial charge in [-0.25, -0.2) is 0 Å². The number of amides is 1. The van der Waals surface area contributed by atoms with Crippen LogP contribution >= 0.6 is 23.1 Å².